The monoisotopic (exact) mass is 308 g/mol. The number of carboxylic acid groups (broad SMARTS) is 1. The van der Waals surface area contributed by atoms with E-state index >= 15 is 0 Å². The van der Waals surface area contributed by atoms with Gasteiger partial charge in [-0.1, -0.05) is 12.1 Å². The number of benzene rings is 1. The van der Waals surface area contributed by atoms with E-state index in [0.717, 1.165) is 5.06 Å². The Morgan fingerprint density at radius 2 is 1.82 bits per heavy atom. The summed E-state index contributed by atoms with van der Waals surface area (Å²) < 4.78 is 0. The summed E-state index contributed by atoms with van der Waals surface area (Å²) in [4.78, 5) is 38.0. The number of hydrogen-bond donors (Lipinski definition) is 3. The number of nitrogens with one attached hydrogen (secondary N) is 1. The minimum atomic E-state index is -1.61. The fraction of sp³-hybridized carbons (Fsp3) is 0.214. The SMILES string of the molecule is CON(Cc1ccc(NC(C)=O)cc1)C(=O)/C=C(\O)C(=O)O. The summed E-state index contributed by atoms with van der Waals surface area (Å²) in [6, 6.07) is 6.65. The number of rotatable bonds is 6. The van der Waals surface area contributed by atoms with Gasteiger partial charge in [-0.25, -0.2) is 9.86 Å². The van der Waals surface area contributed by atoms with Crippen LogP contribution in [0, 0.1) is 0 Å². The number of aliphatic hydroxyl groups excluding tert-OH is 1. The molecule has 1 aromatic rings. The second-order valence-corrected chi connectivity index (χ2v) is 4.27. The zero-order valence-corrected chi connectivity index (χ0v) is 12.1. The fourth-order valence-corrected chi connectivity index (χ4v) is 1.55. The Kier molecular flexibility index (Phi) is 6.09. The van der Waals surface area contributed by atoms with Gasteiger partial charge >= 0.3 is 5.97 Å². The van der Waals surface area contributed by atoms with Gasteiger partial charge in [-0.05, 0) is 17.7 Å². The molecule has 22 heavy (non-hydrogen) atoms. The number of carbonyl (C=O) groups excluding carboxylic acids is 2. The average molecular weight is 308 g/mol. The molecule has 0 aliphatic rings. The molecule has 2 amide bonds. The zero-order chi connectivity index (χ0) is 16.7. The van der Waals surface area contributed by atoms with E-state index in [1.165, 1.54) is 14.0 Å². The third-order valence-electron chi connectivity index (χ3n) is 2.55. The van der Waals surface area contributed by atoms with Gasteiger partial charge in [-0.3, -0.25) is 14.4 Å². The van der Waals surface area contributed by atoms with Crippen LogP contribution in [-0.4, -0.2) is 40.2 Å². The molecule has 0 atom stereocenters. The van der Waals surface area contributed by atoms with Crippen LogP contribution in [0.5, 0.6) is 0 Å². The van der Waals surface area contributed by atoms with Crippen molar-refractivity contribution in [3.05, 3.63) is 41.7 Å². The summed E-state index contributed by atoms with van der Waals surface area (Å²) in [6.45, 7) is 1.43. The first kappa shape index (κ1) is 17.2. The fourth-order valence-electron chi connectivity index (χ4n) is 1.55. The number of aliphatic hydroxyl groups is 1. The van der Waals surface area contributed by atoms with Crippen molar-refractivity contribution in [2.24, 2.45) is 0 Å². The highest BCUT2D eigenvalue weighted by Crippen LogP contribution is 2.12. The van der Waals surface area contributed by atoms with Crippen LogP contribution in [0.15, 0.2) is 36.1 Å². The molecule has 0 aromatic heterocycles. The number of carbonyl (C=O) groups is 3. The summed E-state index contributed by atoms with van der Waals surface area (Å²) in [6.07, 6.45) is 0.553. The van der Waals surface area contributed by atoms with E-state index in [-0.39, 0.29) is 12.5 Å². The minimum Gasteiger partial charge on any atom is -0.502 e. The Labute approximate surface area is 126 Å². The van der Waals surface area contributed by atoms with Crippen LogP contribution in [0.4, 0.5) is 5.69 Å². The standard InChI is InChI=1S/C14H16N2O6/c1-9(17)15-11-5-3-10(4-6-11)8-16(22-2)13(19)7-12(18)14(20)21/h3-7,18H,8H2,1-2H3,(H,15,17)(H,20,21)/b12-7-. The van der Waals surface area contributed by atoms with E-state index in [1.807, 2.05) is 0 Å². The number of aliphatic carboxylic acids is 1. The summed E-state index contributed by atoms with van der Waals surface area (Å²) >= 11 is 0. The van der Waals surface area contributed by atoms with Crippen LogP contribution >= 0.6 is 0 Å². The maximum Gasteiger partial charge on any atom is 0.371 e. The van der Waals surface area contributed by atoms with Gasteiger partial charge in [-0.2, -0.15) is 0 Å². The van der Waals surface area contributed by atoms with Gasteiger partial charge in [0, 0.05) is 12.6 Å². The highest BCUT2D eigenvalue weighted by molar-refractivity contribution is 5.95. The van der Waals surface area contributed by atoms with Crippen molar-refractivity contribution in [3.63, 3.8) is 0 Å². The van der Waals surface area contributed by atoms with Crippen molar-refractivity contribution >= 4 is 23.5 Å². The van der Waals surface area contributed by atoms with Gasteiger partial charge in [0.05, 0.1) is 19.7 Å². The molecule has 0 aliphatic carbocycles. The predicted molar refractivity (Wildman–Crippen MR) is 76.7 cm³/mol. The second-order valence-electron chi connectivity index (χ2n) is 4.27. The van der Waals surface area contributed by atoms with Crippen molar-refractivity contribution < 1.29 is 29.4 Å². The van der Waals surface area contributed by atoms with Gasteiger partial charge < -0.3 is 15.5 Å². The van der Waals surface area contributed by atoms with E-state index in [0.29, 0.717) is 17.3 Å². The van der Waals surface area contributed by atoms with Crippen LogP contribution in [0.2, 0.25) is 0 Å². The summed E-state index contributed by atoms with van der Waals surface area (Å²) in [5.74, 6) is -3.69. The molecule has 0 fully saturated rings. The van der Waals surface area contributed by atoms with Crippen LogP contribution in [0.3, 0.4) is 0 Å². The lowest BCUT2D eigenvalue weighted by Crippen LogP contribution is -2.28. The van der Waals surface area contributed by atoms with Crippen molar-refractivity contribution in [1.82, 2.24) is 5.06 Å². The average Bonchev–Trinajstić information content (AvgIpc) is 2.45. The maximum atomic E-state index is 11.8. The van der Waals surface area contributed by atoms with Crippen molar-refractivity contribution in [3.8, 4) is 0 Å². The summed E-state index contributed by atoms with van der Waals surface area (Å²) in [5.41, 5.74) is 1.29. The first-order valence-corrected chi connectivity index (χ1v) is 6.19. The van der Waals surface area contributed by atoms with Crippen molar-refractivity contribution in [2.75, 3.05) is 12.4 Å². The lowest BCUT2D eigenvalue weighted by Gasteiger charge is -2.18. The molecule has 0 radical (unpaired) electrons. The molecule has 0 saturated carbocycles. The molecule has 0 unspecified atom stereocenters. The molecule has 0 heterocycles. The molecular weight excluding hydrogens is 292 g/mol. The van der Waals surface area contributed by atoms with Gasteiger partial charge in [0.2, 0.25) is 11.7 Å². The first-order chi connectivity index (χ1) is 10.3. The molecule has 0 bridgehead atoms. The van der Waals surface area contributed by atoms with Gasteiger partial charge in [0.1, 0.15) is 0 Å². The van der Waals surface area contributed by atoms with Crippen molar-refractivity contribution in [2.45, 2.75) is 13.5 Å². The topological polar surface area (TPSA) is 116 Å². The zero-order valence-electron chi connectivity index (χ0n) is 12.1. The van der Waals surface area contributed by atoms with Crippen LogP contribution < -0.4 is 5.32 Å². The largest absolute Gasteiger partial charge is 0.502 e. The van der Waals surface area contributed by atoms with Crippen molar-refractivity contribution in [1.29, 1.82) is 0 Å². The number of hydroxylamine groups is 2. The number of anilines is 1. The smallest absolute Gasteiger partial charge is 0.371 e. The molecule has 1 rings (SSSR count). The number of nitrogens with zero attached hydrogens (tertiary/aromatic N) is 1. The second kappa shape index (κ2) is 7.79. The van der Waals surface area contributed by atoms with E-state index < -0.39 is 17.6 Å². The third-order valence-corrected chi connectivity index (χ3v) is 2.55. The van der Waals surface area contributed by atoms with Gasteiger partial charge in [0.25, 0.3) is 5.91 Å². The van der Waals surface area contributed by atoms with Crippen LogP contribution in [0.1, 0.15) is 12.5 Å². The Bertz CT molecular complexity index is 594. The normalized spacial score (nSPS) is 10.9. The molecule has 1 aromatic carbocycles. The van der Waals surface area contributed by atoms with Gasteiger partial charge in [-0.15, -0.1) is 0 Å². The molecule has 118 valence electrons. The Balaban J connectivity index is 2.77. The summed E-state index contributed by atoms with van der Waals surface area (Å²) in [5, 5.41) is 21.0. The molecule has 0 saturated heterocycles. The third kappa shape index (κ3) is 5.25. The quantitative estimate of drug-likeness (QED) is 0.411. The molecule has 8 nitrogen and oxygen atoms in total. The first-order valence-electron chi connectivity index (χ1n) is 6.19. The van der Waals surface area contributed by atoms with Gasteiger partial charge in [0.15, 0.2) is 0 Å². The lowest BCUT2D eigenvalue weighted by atomic mass is 10.2. The molecule has 0 spiro atoms. The summed E-state index contributed by atoms with van der Waals surface area (Å²) in [7, 11) is 1.25. The van der Waals surface area contributed by atoms with E-state index in [9.17, 15) is 14.4 Å². The van der Waals surface area contributed by atoms with E-state index in [4.69, 9.17) is 15.1 Å². The number of carboxylic acids is 1. The minimum absolute atomic E-state index is 0.0408. The Morgan fingerprint density at radius 1 is 1.23 bits per heavy atom. The van der Waals surface area contributed by atoms with E-state index in [2.05, 4.69) is 5.32 Å². The highest BCUT2D eigenvalue weighted by Gasteiger charge is 2.15. The van der Waals surface area contributed by atoms with Crippen LogP contribution in [-0.2, 0) is 25.8 Å². The Hall–Kier alpha value is -2.87. The van der Waals surface area contributed by atoms with Crippen LogP contribution in [0.25, 0.3) is 0 Å². The van der Waals surface area contributed by atoms with E-state index in [1.54, 1.807) is 24.3 Å². The molecule has 3 N–H and O–H groups in total. The molecule has 0 aliphatic heterocycles. The molecular formula is C14H16N2O6. The number of amides is 2. The maximum absolute atomic E-state index is 11.8. The Morgan fingerprint density at radius 3 is 2.27 bits per heavy atom. The molecule has 8 heteroatoms. The highest BCUT2D eigenvalue weighted by atomic mass is 16.7. The number of hydrogen-bond acceptors (Lipinski definition) is 5. The lowest BCUT2D eigenvalue weighted by molar-refractivity contribution is -0.173. The predicted octanol–water partition coefficient (Wildman–Crippen LogP) is 1.06.